The van der Waals surface area contributed by atoms with Gasteiger partial charge in [0.1, 0.15) is 0 Å². The average Bonchev–Trinajstić information content (AvgIpc) is 2.48. The molecule has 0 aliphatic heterocycles. The van der Waals surface area contributed by atoms with Crippen molar-refractivity contribution >= 4 is 11.7 Å². The Balaban J connectivity index is 1.66. The Hall–Kier alpha value is -2.49. The smallest absolute Gasteiger partial charge is 0.315 e. The summed E-state index contributed by atoms with van der Waals surface area (Å²) in [5, 5.41) is 5.66. The normalized spacial score (nSPS) is 10.0. The first kappa shape index (κ1) is 13.9. The van der Waals surface area contributed by atoms with Crippen LogP contribution in [0.1, 0.15) is 11.1 Å². The van der Waals surface area contributed by atoms with E-state index in [2.05, 4.69) is 10.6 Å². The summed E-state index contributed by atoms with van der Waals surface area (Å²) in [6, 6.07) is 17.4. The van der Waals surface area contributed by atoms with Gasteiger partial charge in [-0.15, -0.1) is 0 Å². The van der Waals surface area contributed by atoms with Crippen LogP contribution in [-0.4, -0.2) is 12.6 Å². The number of nitrogen functional groups attached to an aromatic ring is 1. The van der Waals surface area contributed by atoms with Crippen LogP contribution in [0.15, 0.2) is 54.6 Å². The summed E-state index contributed by atoms with van der Waals surface area (Å²) in [5.74, 6) is 0. The molecule has 2 amide bonds. The van der Waals surface area contributed by atoms with Crippen molar-refractivity contribution in [1.82, 2.24) is 10.6 Å². The van der Waals surface area contributed by atoms with Gasteiger partial charge in [0.2, 0.25) is 0 Å². The number of carbonyl (C=O) groups excluding carboxylic acids is 1. The molecular formula is C16H19N3O. The largest absolute Gasteiger partial charge is 0.399 e. The van der Waals surface area contributed by atoms with Crippen LogP contribution in [0.2, 0.25) is 0 Å². The van der Waals surface area contributed by atoms with Gasteiger partial charge in [-0.05, 0) is 29.7 Å². The summed E-state index contributed by atoms with van der Waals surface area (Å²) >= 11 is 0. The van der Waals surface area contributed by atoms with Crippen molar-refractivity contribution in [3.8, 4) is 0 Å². The van der Waals surface area contributed by atoms with Crippen molar-refractivity contribution in [1.29, 1.82) is 0 Å². The molecule has 0 heterocycles. The van der Waals surface area contributed by atoms with Crippen molar-refractivity contribution in [2.45, 2.75) is 13.0 Å². The molecule has 4 nitrogen and oxygen atoms in total. The van der Waals surface area contributed by atoms with Crippen molar-refractivity contribution in [3.63, 3.8) is 0 Å². The summed E-state index contributed by atoms with van der Waals surface area (Å²) in [6.07, 6.45) is 0.791. The highest BCUT2D eigenvalue weighted by Crippen LogP contribution is 2.05. The van der Waals surface area contributed by atoms with E-state index in [4.69, 9.17) is 5.73 Å². The lowest BCUT2D eigenvalue weighted by Crippen LogP contribution is -2.36. The van der Waals surface area contributed by atoms with Crippen LogP contribution in [0.4, 0.5) is 10.5 Å². The van der Waals surface area contributed by atoms with Gasteiger partial charge in [-0.3, -0.25) is 0 Å². The molecule has 0 radical (unpaired) electrons. The van der Waals surface area contributed by atoms with Crippen LogP contribution in [0, 0.1) is 0 Å². The first-order valence-corrected chi connectivity index (χ1v) is 6.64. The predicted molar refractivity (Wildman–Crippen MR) is 81.2 cm³/mol. The second kappa shape index (κ2) is 7.19. The van der Waals surface area contributed by atoms with E-state index in [9.17, 15) is 4.79 Å². The van der Waals surface area contributed by atoms with E-state index in [0.29, 0.717) is 13.1 Å². The third-order valence-corrected chi connectivity index (χ3v) is 2.97. The topological polar surface area (TPSA) is 67.1 Å². The molecule has 0 atom stereocenters. The molecular weight excluding hydrogens is 250 g/mol. The molecule has 2 aromatic carbocycles. The fourth-order valence-corrected chi connectivity index (χ4v) is 1.85. The summed E-state index contributed by atoms with van der Waals surface area (Å²) in [4.78, 5) is 11.6. The van der Waals surface area contributed by atoms with Crippen molar-refractivity contribution in [2.75, 3.05) is 12.3 Å². The maximum Gasteiger partial charge on any atom is 0.315 e. The zero-order valence-corrected chi connectivity index (χ0v) is 11.3. The average molecular weight is 269 g/mol. The van der Waals surface area contributed by atoms with Gasteiger partial charge in [-0.1, -0.05) is 42.5 Å². The molecule has 0 saturated carbocycles. The van der Waals surface area contributed by atoms with Gasteiger partial charge >= 0.3 is 6.03 Å². The van der Waals surface area contributed by atoms with E-state index >= 15 is 0 Å². The minimum atomic E-state index is -0.149. The maximum absolute atomic E-state index is 11.6. The Bertz CT molecular complexity index is 537. The molecule has 0 unspecified atom stereocenters. The maximum atomic E-state index is 11.6. The highest BCUT2D eigenvalue weighted by atomic mass is 16.2. The van der Waals surface area contributed by atoms with E-state index in [0.717, 1.165) is 23.2 Å². The number of amides is 2. The number of hydrogen-bond donors (Lipinski definition) is 3. The van der Waals surface area contributed by atoms with Gasteiger partial charge in [-0.25, -0.2) is 4.79 Å². The van der Waals surface area contributed by atoms with E-state index in [1.165, 1.54) is 0 Å². The second-order valence-electron chi connectivity index (χ2n) is 4.59. The number of anilines is 1. The fourth-order valence-electron chi connectivity index (χ4n) is 1.85. The lowest BCUT2D eigenvalue weighted by Gasteiger charge is -2.08. The molecule has 20 heavy (non-hydrogen) atoms. The molecule has 0 aliphatic carbocycles. The Morgan fingerprint density at radius 1 is 0.900 bits per heavy atom. The van der Waals surface area contributed by atoms with Gasteiger partial charge in [0.05, 0.1) is 0 Å². The van der Waals surface area contributed by atoms with Gasteiger partial charge in [0, 0.05) is 18.8 Å². The van der Waals surface area contributed by atoms with Crippen LogP contribution >= 0.6 is 0 Å². The Labute approximate surface area is 119 Å². The SMILES string of the molecule is Nc1ccc(CCNC(=O)NCc2ccccc2)cc1. The number of benzene rings is 2. The molecule has 0 aromatic heterocycles. The molecule has 4 N–H and O–H groups in total. The summed E-state index contributed by atoms with van der Waals surface area (Å²) in [7, 11) is 0. The van der Waals surface area contributed by atoms with E-state index in [1.807, 2.05) is 54.6 Å². The molecule has 0 saturated heterocycles. The number of nitrogens with two attached hydrogens (primary N) is 1. The minimum absolute atomic E-state index is 0.149. The summed E-state index contributed by atoms with van der Waals surface area (Å²) < 4.78 is 0. The van der Waals surface area contributed by atoms with Crippen LogP contribution in [0.5, 0.6) is 0 Å². The highest BCUT2D eigenvalue weighted by Gasteiger charge is 2.00. The number of carbonyl (C=O) groups is 1. The third-order valence-electron chi connectivity index (χ3n) is 2.97. The molecule has 0 spiro atoms. The van der Waals surface area contributed by atoms with Crippen LogP contribution < -0.4 is 16.4 Å². The fraction of sp³-hybridized carbons (Fsp3) is 0.188. The second-order valence-corrected chi connectivity index (χ2v) is 4.59. The number of nitrogens with one attached hydrogen (secondary N) is 2. The van der Waals surface area contributed by atoms with E-state index in [1.54, 1.807) is 0 Å². The Morgan fingerprint density at radius 2 is 1.60 bits per heavy atom. The van der Waals surface area contributed by atoms with Gasteiger partial charge in [0.25, 0.3) is 0 Å². The van der Waals surface area contributed by atoms with Crippen molar-refractivity contribution in [3.05, 3.63) is 65.7 Å². The number of rotatable bonds is 5. The number of urea groups is 1. The highest BCUT2D eigenvalue weighted by molar-refractivity contribution is 5.73. The van der Waals surface area contributed by atoms with Gasteiger partial charge < -0.3 is 16.4 Å². The Kier molecular flexibility index (Phi) is 5.00. The molecule has 0 fully saturated rings. The molecule has 0 aliphatic rings. The molecule has 0 bridgehead atoms. The molecule has 104 valence electrons. The lowest BCUT2D eigenvalue weighted by molar-refractivity contribution is 0.240. The molecule has 2 aromatic rings. The Morgan fingerprint density at radius 3 is 2.30 bits per heavy atom. The molecule has 4 heteroatoms. The zero-order valence-electron chi connectivity index (χ0n) is 11.3. The monoisotopic (exact) mass is 269 g/mol. The number of hydrogen-bond acceptors (Lipinski definition) is 2. The lowest BCUT2D eigenvalue weighted by atomic mass is 10.1. The summed E-state index contributed by atoms with van der Waals surface area (Å²) in [6.45, 7) is 1.14. The van der Waals surface area contributed by atoms with Gasteiger partial charge in [0.15, 0.2) is 0 Å². The van der Waals surface area contributed by atoms with E-state index in [-0.39, 0.29) is 6.03 Å². The quantitative estimate of drug-likeness (QED) is 0.729. The first-order valence-electron chi connectivity index (χ1n) is 6.64. The third kappa shape index (κ3) is 4.65. The van der Waals surface area contributed by atoms with Crippen LogP contribution in [-0.2, 0) is 13.0 Å². The summed E-state index contributed by atoms with van der Waals surface area (Å²) in [5.41, 5.74) is 8.61. The van der Waals surface area contributed by atoms with Crippen molar-refractivity contribution in [2.24, 2.45) is 0 Å². The molecule has 2 rings (SSSR count). The first-order chi connectivity index (χ1) is 9.74. The van der Waals surface area contributed by atoms with Crippen LogP contribution in [0.25, 0.3) is 0 Å². The van der Waals surface area contributed by atoms with Gasteiger partial charge in [-0.2, -0.15) is 0 Å². The predicted octanol–water partition coefficient (Wildman–Crippen LogP) is 2.31. The van der Waals surface area contributed by atoms with E-state index < -0.39 is 0 Å². The van der Waals surface area contributed by atoms with Crippen LogP contribution in [0.3, 0.4) is 0 Å². The zero-order chi connectivity index (χ0) is 14.2. The standard InChI is InChI=1S/C16H19N3O/c17-15-8-6-13(7-9-15)10-11-18-16(20)19-12-14-4-2-1-3-5-14/h1-9H,10-12,17H2,(H2,18,19,20). The minimum Gasteiger partial charge on any atom is -0.399 e. The van der Waals surface area contributed by atoms with Crippen molar-refractivity contribution < 1.29 is 4.79 Å².